The second-order valence-corrected chi connectivity index (χ2v) is 10.4. The third kappa shape index (κ3) is 5.38. The molecule has 1 aliphatic carbocycles. The first-order chi connectivity index (χ1) is 15.6. The number of carbonyl (C=O) groups excluding carboxylic acids is 1. The van der Waals surface area contributed by atoms with E-state index in [1.54, 1.807) is 0 Å². The molecule has 2 fully saturated rings. The fraction of sp³-hybridized carbons (Fsp3) is 0.360. The summed E-state index contributed by atoms with van der Waals surface area (Å²) in [5.41, 5.74) is 1.95. The zero-order chi connectivity index (χ0) is 22.5. The Bertz CT molecular complexity index is 1020. The normalized spacial score (nSPS) is 18.4. The van der Waals surface area contributed by atoms with Crippen molar-refractivity contribution in [3.8, 4) is 11.5 Å². The van der Waals surface area contributed by atoms with Gasteiger partial charge in [0.1, 0.15) is 10.9 Å². The highest BCUT2D eigenvalue weighted by Gasteiger charge is 2.37. The van der Waals surface area contributed by atoms with Crippen molar-refractivity contribution in [2.45, 2.75) is 51.7 Å². The minimum atomic E-state index is 0.0189. The number of halogens is 1. The minimum Gasteiger partial charge on any atom is -0.490 e. The van der Waals surface area contributed by atoms with Gasteiger partial charge in [-0.05, 0) is 65.0 Å². The summed E-state index contributed by atoms with van der Waals surface area (Å²) < 4.78 is 13.4. The lowest BCUT2D eigenvalue weighted by molar-refractivity contribution is -0.124. The minimum absolute atomic E-state index is 0.0189. The summed E-state index contributed by atoms with van der Waals surface area (Å²) in [6.07, 6.45) is 7.54. The second-order valence-electron chi connectivity index (χ2n) is 7.88. The summed E-state index contributed by atoms with van der Waals surface area (Å²) in [6.45, 7) is 2.90. The van der Waals surface area contributed by atoms with Crippen LogP contribution < -0.4 is 9.47 Å². The van der Waals surface area contributed by atoms with Crippen molar-refractivity contribution in [1.29, 1.82) is 0 Å². The van der Waals surface area contributed by atoms with E-state index in [4.69, 9.17) is 21.7 Å². The van der Waals surface area contributed by atoms with E-state index in [9.17, 15) is 4.79 Å². The van der Waals surface area contributed by atoms with Gasteiger partial charge in [0.25, 0.3) is 5.91 Å². The number of thiocarbonyl (C=S) groups is 1. The standard InChI is InChI=1S/C25H26BrNO3S2/c1-2-29-21-14-18(13-20(26)23(21)30-16-17-9-5-3-6-10-17)15-22-24(28)27(25(31)32-22)19-11-7-4-8-12-19/h3,5-6,9-10,13-15,19H,2,4,7-8,11-12,16H2,1H3/b22-15-. The summed E-state index contributed by atoms with van der Waals surface area (Å²) in [4.78, 5) is 15.6. The van der Waals surface area contributed by atoms with Crippen molar-refractivity contribution in [3.63, 3.8) is 0 Å². The number of carbonyl (C=O) groups is 1. The van der Waals surface area contributed by atoms with Gasteiger partial charge in [0.05, 0.1) is 16.0 Å². The maximum atomic E-state index is 13.1. The molecule has 4 nitrogen and oxygen atoms in total. The highest BCUT2D eigenvalue weighted by Crippen LogP contribution is 2.41. The molecule has 168 valence electrons. The van der Waals surface area contributed by atoms with Crippen molar-refractivity contribution in [1.82, 2.24) is 4.90 Å². The van der Waals surface area contributed by atoms with Crippen LogP contribution in [0.5, 0.6) is 11.5 Å². The van der Waals surface area contributed by atoms with Crippen LogP contribution in [0.4, 0.5) is 0 Å². The molecule has 0 spiro atoms. The Labute approximate surface area is 207 Å². The van der Waals surface area contributed by atoms with Crippen LogP contribution in [0.2, 0.25) is 0 Å². The van der Waals surface area contributed by atoms with Crippen molar-refractivity contribution in [2.24, 2.45) is 0 Å². The Balaban J connectivity index is 1.56. The van der Waals surface area contributed by atoms with E-state index < -0.39 is 0 Å². The number of ether oxygens (including phenoxy) is 2. The molecule has 0 radical (unpaired) electrons. The molecular formula is C25H26BrNO3S2. The van der Waals surface area contributed by atoms with Gasteiger partial charge in [0, 0.05) is 6.04 Å². The molecule has 0 bridgehead atoms. The fourth-order valence-electron chi connectivity index (χ4n) is 4.09. The molecule has 1 saturated carbocycles. The van der Waals surface area contributed by atoms with E-state index in [1.165, 1.54) is 18.2 Å². The maximum Gasteiger partial charge on any atom is 0.266 e. The number of hydrogen-bond donors (Lipinski definition) is 0. The van der Waals surface area contributed by atoms with E-state index in [0.29, 0.717) is 33.9 Å². The third-order valence-electron chi connectivity index (χ3n) is 5.62. The third-order valence-corrected chi connectivity index (χ3v) is 7.54. The van der Waals surface area contributed by atoms with Gasteiger partial charge in [0.15, 0.2) is 11.5 Å². The topological polar surface area (TPSA) is 38.8 Å². The molecule has 1 aliphatic heterocycles. The Morgan fingerprint density at radius 2 is 1.91 bits per heavy atom. The van der Waals surface area contributed by atoms with Gasteiger partial charge in [-0.2, -0.15) is 0 Å². The van der Waals surface area contributed by atoms with Gasteiger partial charge in [0.2, 0.25) is 0 Å². The SMILES string of the molecule is CCOc1cc(/C=C2\SC(=S)N(C3CCCCC3)C2=O)cc(Br)c1OCc1ccccc1. The monoisotopic (exact) mass is 531 g/mol. The molecule has 32 heavy (non-hydrogen) atoms. The first kappa shape index (κ1) is 23.3. The first-order valence-electron chi connectivity index (χ1n) is 11.0. The van der Waals surface area contributed by atoms with E-state index in [-0.39, 0.29) is 11.9 Å². The molecule has 1 heterocycles. The van der Waals surface area contributed by atoms with Crippen LogP contribution in [0, 0.1) is 0 Å². The smallest absolute Gasteiger partial charge is 0.266 e. The lowest BCUT2D eigenvalue weighted by Crippen LogP contribution is -2.39. The molecule has 2 aromatic carbocycles. The number of benzene rings is 2. The number of nitrogens with zero attached hydrogens (tertiary/aromatic N) is 1. The molecule has 0 aromatic heterocycles. The van der Waals surface area contributed by atoms with Crippen molar-refractivity contribution in [3.05, 3.63) is 63.0 Å². The van der Waals surface area contributed by atoms with Gasteiger partial charge in [-0.3, -0.25) is 9.69 Å². The summed E-state index contributed by atoms with van der Waals surface area (Å²) >= 11 is 10.6. The molecule has 2 aromatic rings. The second kappa shape index (κ2) is 10.9. The molecule has 7 heteroatoms. The van der Waals surface area contributed by atoms with E-state index >= 15 is 0 Å². The lowest BCUT2D eigenvalue weighted by Gasteiger charge is -2.29. The molecule has 0 atom stereocenters. The quantitative estimate of drug-likeness (QED) is 0.285. The molecule has 1 saturated heterocycles. The van der Waals surface area contributed by atoms with Gasteiger partial charge in [-0.1, -0.05) is 73.6 Å². The summed E-state index contributed by atoms with van der Waals surface area (Å²) in [6, 6.07) is 14.1. The van der Waals surface area contributed by atoms with Gasteiger partial charge < -0.3 is 9.47 Å². The molecule has 0 N–H and O–H groups in total. The fourth-order valence-corrected chi connectivity index (χ4v) is 6.06. The molecule has 0 unspecified atom stereocenters. The lowest BCUT2D eigenvalue weighted by atomic mass is 9.94. The maximum absolute atomic E-state index is 13.1. The number of amides is 1. The molecule has 1 amide bonds. The van der Waals surface area contributed by atoms with Crippen LogP contribution >= 0.6 is 39.9 Å². The van der Waals surface area contributed by atoms with E-state index in [1.807, 2.05) is 60.4 Å². The zero-order valence-electron chi connectivity index (χ0n) is 18.0. The Hall–Kier alpha value is -1.83. The Kier molecular flexibility index (Phi) is 7.92. The van der Waals surface area contributed by atoms with E-state index in [0.717, 1.165) is 41.3 Å². The van der Waals surface area contributed by atoms with Crippen LogP contribution in [0.25, 0.3) is 6.08 Å². The van der Waals surface area contributed by atoms with Gasteiger partial charge in [-0.15, -0.1) is 0 Å². The van der Waals surface area contributed by atoms with Crippen LogP contribution in [0.15, 0.2) is 51.8 Å². The van der Waals surface area contributed by atoms with Crippen molar-refractivity contribution >= 4 is 56.2 Å². The summed E-state index contributed by atoms with van der Waals surface area (Å²) in [7, 11) is 0. The average Bonchev–Trinajstić information content (AvgIpc) is 3.07. The Morgan fingerprint density at radius 1 is 1.16 bits per heavy atom. The van der Waals surface area contributed by atoms with Gasteiger partial charge in [-0.25, -0.2) is 0 Å². The largest absolute Gasteiger partial charge is 0.490 e. The van der Waals surface area contributed by atoms with Crippen LogP contribution in [-0.2, 0) is 11.4 Å². The van der Waals surface area contributed by atoms with Crippen LogP contribution in [-0.4, -0.2) is 27.8 Å². The van der Waals surface area contributed by atoms with Crippen molar-refractivity contribution < 1.29 is 14.3 Å². The highest BCUT2D eigenvalue weighted by atomic mass is 79.9. The average molecular weight is 533 g/mol. The molecular weight excluding hydrogens is 506 g/mol. The number of rotatable bonds is 7. The number of thioether (sulfide) groups is 1. The van der Waals surface area contributed by atoms with Crippen molar-refractivity contribution in [2.75, 3.05) is 6.61 Å². The van der Waals surface area contributed by atoms with E-state index in [2.05, 4.69) is 15.9 Å². The predicted molar refractivity (Wildman–Crippen MR) is 138 cm³/mol. The summed E-state index contributed by atoms with van der Waals surface area (Å²) in [5, 5.41) is 0. The predicted octanol–water partition coefficient (Wildman–Crippen LogP) is 6.96. The first-order valence-corrected chi connectivity index (χ1v) is 13.0. The van der Waals surface area contributed by atoms with Gasteiger partial charge >= 0.3 is 0 Å². The highest BCUT2D eigenvalue weighted by molar-refractivity contribution is 9.10. The summed E-state index contributed by atoms with van der Waals surface area (Å²) in [5.74, 6) is 1.32. The van der Waals surface area contributed by atoms with Crippen LogP contribution in [0.1, 0.15) is 50.2 Å². The zero-order valence-corrected chi connectivity index (χ0v) is 21.2. The number of hydrogen-bond acceptors (Lipinski definition) is 5. The molecule has 4 rings (SSSR count). The molecule has 2 aliphatic rings. The Morgan fingerprint density at radius 3 is 2.62 bits per heavy atom. The van der Waals surface area contributed by atoms with Crippen LogP contribution in [0.3, 0.4) is 0 Å².